The fourth-order valence-corrected chi connectivity index (χ4v) is 3.20. The number of ether oxygens (including phenoxy) is 1. The molecule has 0 bridgehead atoms. The van der Waals surface area contributed by atoms with Gasteiger partial charge < -0.3 is 15.0 Å². The number of likely N-dealkylation sites (tertiary alicyclic amines) is 1. The van der Waals surface area contributed by atoms with Crippen LogP contribution in [0.15, 0.2) is 0 Å². The molecule has 2 heterocycles. The van der Waals surface area contributed by atoms with E-state index in [9.17, 15) is 0 Å². The van der Waals surface area contributed by atoms with Crippen molar-refractivity contribution in [3.05, 3.63) is 0 Å². The van der Waals surface area contributed by atoms with Crippen molar-refractivity contribution < 1.29 is 4.74 Å². The van der Waals surface area contributed by atoms with E-state index in [0.29, 0.717) is 6.04 Å². The van der Waals surface area contributed by atoms with Gasteiger partial charge in [-0.1, -0.05) is 0 Å². The second-order valence-electron chi connectivity index (χ2n) is 5.76. The van der Waals surface area contributed by atoms with E-state index >= 15 is 0 Å². The van der Waals surface area contributed by atoms with Crippen LogP contribution < -0.4 is 5.32 Å². The van der Waals surface area contributed by atoms with Crippen molar-refractivity contribution in [1.29, 1.82) is 0 Å². The van der Waals surface area contributed by atoms with Crippen LogP contribution in [0.4, 0.5) is 0 Å². The Morgan fingerprint density at radius 2 is 2.06 bits per heavy atom. The molecular weight excluding hydrogens is 212 g/mol. The van der Waals surface area contributed by atoms with Crippen LogP contribution in [0, 0.1) is 5.92 Å². The van der Waals surface area contributed by atoms with Gasteiger partial charge in [-0.25, -0.2) is 0 Å². The van der Waals surface area contributed by atoms with Gasteiger partial charge in [0.1, 0.15) is 0 Å². The van der Waals surface area contributed by atoms with Crippen LogP contribution in [0.3, 0.4) is 0 Å². The predicted molar refractivity (Wildman–Crippen MR) is 71.3 cm³/mol. The quantitative estimate of drug-likeness (QED) is 0.794. The zero-order valence-electron chi connectivity index (χ0n) is 11.5. The van der Waals surface area contributed by atoms with Gasteiger partial charge in [-0.3, -0.25) is 0 Å². The van der Waals surface area contributed by atoms with Crippen molar-refractivity contribution in [1.82, 2.24) is 10.2 Å². The molecule has 0 aromatic heterocycles. The Morgan fingerprint density at radius 3 is 2.71 bits per heavy atom. The lowest BCUT2D eigenvalue weighted by atomic mass is 9.93. The summed E-state index contributed by atoms with van der Waals surface area (Å²) in [4.78, 5) is 2.51. The lowest BCUT2D eigenvalue weighted by Crippen LogP contribution is -2.39. The van der Waals surface area contributed by atoms with Gasteiger partial charge in [0.05, 0.1) is 0 Å². The lowest BCUT2D eigenvalue weighted by molar-refractivity contribution is 0.0558. The van der Waals surface area contributed by atoms with Crippen LogP contribution in [0.2, 0.25) is 0 Å². The first-order chi connectivity index (χ1) is 8.27. The van der Waals surface area contributed by atoms with E-state index in [1.54, 1.807) is 0 Å². The number of hydrogen-bond acceptors (Lipinski definition) is 3. The van der Waals surface area contributed by atoms with Gasteiger partial charge in [0.2, 0.25) is 0 Å². The third-order valence-electron chi connectivity index (χ3n) is 4.59. The van der Waals surface area contributed by atoms with Crippen LogP contribution in [-0.4, -0.2) is 50.3 Å². The second kappa shape index (κ2) is 6.72. The molecule has 100 valence electrons. The van der Waals surface area contributed by atoms with Crippen molar-refractivity contribution >= 4 is 0 Å². The molecule has 2 atom stereocenters. The van der Waals surface area contributed by atoms with E-state index in [4.69, 9.17) is 4.74 Å². The molecule has 2 fully saturated rings. The summed E-state index contributed by atoms with van der Waals surface area (Å²) in [5.41, 5.74) is 0. The smallest absolute Gasteiger partial charge is 0.0469 e. The van der Waals surface area contributed by atoms with E-state index in [2.05, 4.69) is 24.2 Å². The molecule has 17 heavy (non-hydrogen) atoms. The molecule has 1 N–H and O–H groups in total. The minimum Gasteiger partial charge on any atom is -0.381 e. The Morgan fingerprint density at radius 1 is 1.29 bits per heavy atom. The van der Waals surface area contributed by atoms with Crippen LogP contribution in [0.5, 0.6) is 0 Å². The van der Waals surface area contributed by atoms with Gasteiger partial charge in [0.25, 0.3) is 0 Å². The molecule has 2 aliphatic rings. The standard InChI is InChI=1S/C14H28N2O/c1-12(13-6-10-17-11-7-13)15-8-5-14-4-3-9-16(14)2/h12-15H,3-11H2,1-2H3/t12-,14+/m0/s1. The van der Waals surface area contributed by atoms with Crippen LogP contribution in [0.1, 0.15) is 39.0 Å². The third kappa shape index (κ3) is 3.94. The molecule has 0 amide bonds. The van der Waals surface area contributed by atoms with Crippen molar-refractivity contribution in [3.8, 4) is 0 Å². The number of nitrogens with zero attached hydrogens (tertiary/aromatic N) is 1. The maximum atomic E-state index is 5.42. The molecule has 0 saturated carbocycles. The summed E-state index contributed by atoms with van der Waals surface area (Å²) in [7, 11) is 2.26. The molecule has 3 heteroatoms. The van der Waals surface area contributed by atoms with Gasteiger partial charge in [0, 0.05) is 25.3 Å². The summed E-state index contributed by atoms with van der Waals surface area (Å²) >= 11 is 0. The van der Waals surface area contributed by atoms with Gasteiger partial charge in [-0.15, -0.1) is 0 Å². The highest BCUT2D eigenvalue weighted by Crippen LogP contribution is 2.20. The minimum atomic E-state index is 0.658. The maximum Gasteiger partial charge on any atom is 0.0469 e. The van der Waals surface area contributed by atoms with Crippen molar-refractivity contribution in [2.45, 2.75) is 51.1 Å². The fraction of sp³-hybridized carbons (Fsp3) is 1.00. The van der Waals surface area contributed by atoms with Crippen molar-refractivity contribution in [3.63, 3.8) is 0 Å². The van der Waals surface area contributed by atoms with Gasteiger partial charge in [0.15, 0.2) is 0 Å². The van der Waals surface area contributed by atoms with Crippen molar-refractivity contribution in [2.75, 3.05) is 33.4 Å². The van der Waals surface area contributed by atoms with E-state index in [1.165, 1.54) is 45.2 Å². The average molecular weight is 240 g/mol. The maximum absolute atomic E-state index is 5.42. The Labute approximate surface area is 106 Å². The average Bonchev–Trinajstić information content (AvgIpc) is 2.76. The predicted octanol–water partition coefficient (Wildman–Crippen LogP) is 1.88. The molecule has 0 unspecified atom stereocenters. The summed E-state index contributed by atoms with van der Waals surface area (Å²) in [6.45, 7) is 6.73. The minimum absolute atomic E-state index is 0.658. The highest BCUT2D eigenvalue weighted by Gasteiger charge is 2.22. The van der Waals surface area contributed by atoms with E-state index in [0.717, 1.165) is 25.2 Å². The summed E-state index contributed by atoms with van der Waals surface area (Å²) in [6, 6.07) is 1.48. The number of hydrogen-bond donors (Lipinski definition) is 1. The summed E-state index contributed by atoms with van der Waals surface area (Å²) in [5, 5.41) is 3.72. The largest absolute Gasteiger partial charge is 0.381 e. The molecule has 2 aliphatic heterocycles. The molecule has 0 spiro atoms. The van der Waals surface area contributed by atoms with Gasteiger partial charge in [-0.05, 0) is 65.1 Å². The molecule has 3 nitrogen and oxygen atoms in total. The number of rotatable bonds is 5. The zero-order valence-corrected chi connectivity index (χ0v) is 11.5. The highest BCUT2D eigenvalue weighted by atomic mass is 16.5. The summed E-state index contributed by atoms with van der Waals surface area (Å²) in [5.74, 6) is 0.824. The first-order valence-electron chi connectivity index (χ1n) is 7.28. The molecular formula is C14H28N2O. The van der Waals surface area contributed by atoms with Crippen LogP contribution in [0.25, 0.3) is 0 Å². The molecule has 2 saturated heterocycles. The summed E-state index contributed by atoms with van der Waals surface area (Å²) in [6.07, 6.45) is 6.56. The molecule has 0 radical (unpaired) electrons. The Bertz CT molecular complexity index is 216. The van der Waals surface area contributed by atoms with Crippen molar-refractivity contribution in [2.24, 2.45) is 5.92 Å². The highest BCUT2D eigenvalue weighted by molar-refractivity contribution is 4.79. The number of nitrogens with one attached hydrogen (secondary N) is 1. The third-order valence-corrected chi connectivity index (χ3v) is 4.59. The molecule has 0 aliphatic carbocycles. The molecule has 0 aromatic carbocycles. The van der Waals surface area contributed by atoms with Gasteiger partial charge in [-0.2, -0.15) is 0 Å². The topological polar surface area (TPSA) is 24.5 Å². The Kier molecular flexibility index (Phi) is 5.26. The van der Waals surface area contributed by atoms with Crippen LogP contribution in [-0.2, 0) is 4.74 Å². The Balaban J connectivity index is 1.60. The van der Waals surface area contributed by atoms with Crippen LogP contribution >= 0.6 is 0 Å². The molecule has 2 rings (SSSR count). The van der Waals surface area contributed by atoms with E-state index in [-0.39, 0.29) is 0 Å². The van der Waals surface area contributed by atoms with E-state index < -0.39 is 0 Å². The SMILES string of the molecule is C[C@H](NCC[C@H]1CCCN1C)C1CCOCC1. The summed E-state index contributed by atoms with van der Waals surface area (Å²) < 4.78 is 5.42. The Hall–Kier alpha value is -0.120. The fourth-order valence-electron chi connectivity index (χ4n) is 3.20. The lowest BCUT2D eigenvalue weighted by Gasteiger charge is -2.29. The second-order valence-corrected chi connectivity index (χ2v) is 5.76. The van der Waals surface area contributed by atoms with E-state index in [1.807, 2.05) is 0 Å². The van der Waals surface area contributed by atoms with Gasteiger partial charge >= 0.3 is 0 Å². The molecule has 0 aromatic rings. The first kappa shape index (κ1) is 13.3. The monoisotopic (exact) mass is 240 g/mol. The first-order valence-corrected chi connectivity index (χ1v) is 7.28. The normalized spacial score (nSPS) is 29.6. The zero-order chi connectivity index (χ0) is 12.1.